The molecular formula is C15H19ClN2O3S. The zero-order valence-corrected chi connectivity index (χ0v) is 14.3. The van der Waals surface area contributed by atoms with E-state index in [1.165, 1.54) is 10.8 Å². The molecule has 1 atom stereocenters. The van der Waals surface area contributed by atoms with Crippen LogP contribution in [0.5, 0.6) is 0 Å². The second kappa shape index (κ2) is 6.40. The van der Waals surface area contributed by atoms with Gasteiger partial charge in [0.15, 0.2) is 9.84 Å². The van der Waals surface area contributed by atoms with Crippen molar-refractivity contribution in [1.29, 1.82) is 0 Å². The summed E-state index contributed by atoms with van der Waals surface area (Å²) < 4.78 is 26.0. The highest BCUT2D eigenvalue weighted by Gasteiger charge is 2.22. The number of aliphatic hydroxyl groups is 1. The Morgan fingerprint density at radius 2 is 1.86 bits per heavy atom. The van der Waals surface area contributed by atoms with E-state index in [2.05, 4.69) is 4.98 Å². The molecule has 0 bridgehead atoms. The van der Waals surface area contributed by atoms with Crippen molar-refractivity contribution in [2.45, 2.75) is 25.7 Å². The summed E-state index contributed by atoms with van der Waals surface area (Å²) >= 11 is 5.85. The quantitative estimate of drug-likeness (QED) is 0.905. The van der Waals surface area contributed by atoms with Gasteiger partial charge in [-0.05, 0) is 19.4 Å². The molecular weight excluding hydrogens is 324 g/mol. The van der Waals surface area contributed by atoms with Crippen LogP contribution in [0.3, 0.4) is 0 Å². The Hall–Kier alpha value is -1.37. The van der Waals surface area contributed by atoms with Gasteiger partial charge in [0.25, 0.3) is 0 Å². The third-order valence-electron chi connectivity index (χ3n) is 3.42. The van der Waals surface area contributed by atoms with Crippen LogP contribution in [0.1, 0.15) is 28.6 Å². The van der Waals surface area contributed by atoms with Crippen LogP contribution in [0.4, 0.5) is 0 Å². The molecule has 1 unspecified atom stereocenters. The minimum atomic E-state index is -3.51. The number of rotatable bonds is 5. The van der Waals surface area contributed by atoms with Crippen LogP contribution in [0.2, 0.25) is 5.15 Å². The highest BCUT2D eigenvalue weighted by Crippen LogP contribution is 2.20. The van der Waals surface area contributed by atoms with E-state index in [-0.39, 0.29) is 11.5 Å². The lowest BCUT2D eigenvalue weighted by Crippen LogP contribution is -2.18. The van der Waals surface area contributed by atoms with Crippen LogP contribution in [-0.2, 0) is 22.6 Å². The number of benzene rings is 1. The average molecular weight is 343 g/mol. The van der Waals surface area contributed by atoms with Crippen LogP contribution in [0, 0.1) is 13.8 Å². The molecule has 1 N–H and O–H groups in total. The zero-order chi connectivity index (χ0) is 16.5. The first kappa shape index (κ1) is 17.0. The summed E-state index contributed by atoms with van der Waals surface area (Å²) in [5.41, 5.74) is 2.59. The Morgan fingerprint density at radius 1 is 1.27 bits per heavy atom. The van der Waals surface area contributed by atoms with Gasteiger partial charge in [0.1, 0.15) is 16.7 Å². The van der Waals surface area contributed by atoms with Crippen molar-refractivity contribution in [1.82, 2.24) is 9.55 Å². The molecule has 1 aromatic heterocycles. The lowest BCUT2D eigenvalue weighted by molar-refractivity contribution is 0.201. The van der Waals surface area contributed by atoms with Gasteiger partial charge in [0, 0.05) is 7.05 Å². The lowest BCUT2D eigenvalue weighted by atomic mass is 10.0. The number of nitrogens with zero attached hydrogens (tertiary/aromatic N) is 2. The maximum atomic E-state index is 12.3. The Morgan fingerprint density at radius 3 is 2.36 bits per heavy atom. The Labute approximate surface area is 135 Å². The topological polar surface area (TPSA) is 72.2 Å². The SMILES string of the molecule is Cc1cc(C)cc(C(O)CS(=O)(=O)Cc2ncc(Cl)n2C)c1. The normalized spacial score (nSPS) is 13.3. The van der Waals surface area contributed by atoms with Gasteiger partial charge in [-0.15, -0.1) is 0 Å². The molecule has 5 nitrogen and oxygen atoms in total. The number of hydrogen-bond donors (Lipinski definition) is 1. The van der Waals surface area contributed by atoms with Gasteiger partial charge in [-0.2, -0.15) is 0 Å². The van der Waals surface area contributed by atoms with Crippen molar-refractivity contribution < 1.29 is 13.5 Å². The van der Waals surface area contributed by atoms with Gasteiger partial charge in [0.2, 0.25) is 0 Å². The highest BCUT2D eigenvalue weighted by atomic mass is 35.5. The fourth-order valence-electron chi connectivity index (χ4n) is 2.35. The standard InChI is InChI=1S/C15H19ClN2O3S/c1-10-4-11(2)6-12(5-10)13(19)8-22(20,21)9-15-17-7-14(16)18(15)3/h4-7,13,19H,8-9H2,1-3H3. The Bertz CT molecular complexity index is 764. The third kappa shape index (κ3) is 4.09. The molecule has 0 radical (unpaired) electrons. The molecule has 2 rings (SSSR count). The van der Waals surface area contributed by atoms with Crippen LogP contribution >= 0.6 is 11.6 Å². The summed E-state index contributed by atoms with van der Waals surface area (Å²) in [4.78, 5) is 3.98. The minimum Gasteiger partial charge on any atom is -0.387 e. The monoisotopic (exact) mass is 342 g/mol. The molecule has 0 spiro atoms. The van der Waals surface area contributed by atoms with E-state index in [9.17, 15) is 13.5 Å². The van der Waals surface area contributed by atoms with Gasteiger partial charge in [0.05, 0.1) is 18.1 Å². The molecule has 0 saturated heterocycles. The first-order valence-corrected chi connectivity index (χ1v) is 9.00. The summed E-state index contributed by atoms with van der Waals surface area (Å²) in [7, 11) is -1.86. The molecule has 7 heteroatoms. The first-order valence-electron chi connectivity index (χ1n) is 6.81. The van der Waals surface area contributed by atoms with Gasteiger partial charge in [-0.1, -0.05) is 40.9 Å². The fraction of sp³-hybridized carbons (Fsp3) is 0.400. The third-order valence-corrected chi connectivity index (χ3v) is 5.29. The van der Waals surface area contributed by atoms with Gasteiger partial charge < -0.3 is 9.67 Å². The number of halogens is 1. The summed E-state index contributed by atoms with van der Waals surface area (Å²) in [6.07, 6.45) is 0.353. The molecule has 1 aromatic carbocycles. The van der Waals surface area contributed by atoms with Crippen molar-refractivity contribution in [3.05, 3.63) is 52.1 Å². The molecule has 2 aromatic rings. The number of aromatic nitrogens is 2. The first-order chi connectivity index (χ1) is 10.2. The van der Waals surface area contributed by atoms with Crippen molar-refractivity contribution in [3.8, 4) is 0 Å². The number of imidazole rings is 1. The number of hydrogen-bond acceptors (Lipinski definition) is 4. The van der Waals surface area contributed by atoms with Crippen LogP contribution in [-0.4, -0.2) is 28.8 Å². The van der Waals surface area contributed by atoms with E-state index in [0.29, 0.717) is 16.5 Å². The largest absolute Gasteiger partial charge is 0.387 e. The molecule has 0 aliphatic carbocycles. The van der Waals surface area contributed by atoms with Crippen molar-refractivity contribution in [2.75, 3.05) is 5.75 Å². The van der Waals surface area contributed by atoms with Crippen molar-refractivity contribution >= 4 is 21.4 Å². The van der Waals surface area contributed by atoms with Crippen LogP contribution in [0.15, 0.2) is 24.4 Å². The minimum absolute atomic E-state index is 0.252. The van der Waals surface area contributed by atoms with E-state index >= 15 is 0 Å². The van der Waals surface area contributed by atoms with E-state index < -0.39 is 15.9 Å². The molecule has 0 fully saturated rings. The second-order valence-corrected chi connectivity index (χ2v) is 8.04. The predicted molar refractivity (Wildman–Crippen MR) is 86.6 cm³/mol. The highest BCUT2D eigenvalue weighted by molar-refractivity contribution is 7.90. The Kier molecular flexibility index (Phi) is 4.94. The molecule has 0 aliphatic rings. The summed E-state index contributed by atoms with van der Waals surface area (Å²) in [5, 5.41) is 10.6. The smallest absolute Gasteiger partial charge is 0.160 e. The number of sulfone groups is 1. The fourth-order valence-corrected chi connectivity index (χ4v) is 3.95. The molecule has 1 heterocycles. The van der Waals surface area contributed by atoms with Crippen LogP contribution < -0.4 is 0 Å². The van der Waals surface area contributed by atoms with Crippen molar-refractivity contribution in [3.63, 3.8) is 0 Å². The van der Waals surface area contributed by atoms with Crippen molar-refractivity contribution in [2.24, 2.45) is 7.05 Å². The molecule has 0 aliphatic heterocycles. The average Bonchev–Trinajstić information content (AvgIpc) is 2.68. The molecule has 120 valence electrons. The predicted octanol–water partition coefficient (Wildman–Crippen LogP) is 2.34. The van der Waals surface area contributed by atoms with Gasteiger partial charge in [-0.3, -0.25) is 0 Å². The Balaban J connectivity index is 2.15. The maximum absolute atomic E-state index is 12.3. The van der Waals surface area contributed by atoms with E-state index in [0.717, 1.165) is 11.1 Å². The number of aliphatic hydroxyl groups excluding tert-OH is 1. The van der Waals surface area contributed by atoms with E-state index in [4.69, 9.17) is 11.6 Å². The summed E-state index contributed by atoms with van der Waals surface area (Å²) in [6, 6.07) is 5.57. The maximum Gasteiger partial charge on any atom is 0.160 e. The molecule has 0 saturated carbocycles. The van der Waals surface area contributed by atoms with Crippen LogP contribution in [0.25, 0.3) is 0 Å². The summed E-state index contributed by atoms with van der Waals surface area (Å²) in [5.74, 6) is -0.240. The molecule has 22 heavy (non-hydrogen) atoms. The van der Waals surface area contributed by atoms with E-state index in [1.807, 2.05) is 19.9 Å². The van der Waals surface area contributed by atoms with Gasteiger partial charge >= 0.3 is 0 Å². The molecule has 0 amide bonds. The lowest BCUT2D eigenvalue weighted by Gasteiger charge is -2.13. The summed E-state index contributed by atoms with van der Waals surface area (Å²) in [6.45, 7) is 3.82. The number of aryl methyl sites for hydroxylation is 2. The van der Waals surface area contributed by atoms with Gasteiger partial charge in [-0.25, -0.2) is 13.4 Å². The second-order valence-electron chi connectivity index (χ2n) is 5.55. The zero-order valence-electron chi connectivity index (χ0n) is 12.7. The van der Waals surface area contributed by atoms with E-state index in [1.54, 1.807) is 19.2 Å².